The number of pyridine rings is 1. The smallest absolute Gasteiger partial charge is 0.188 e. The van der Waals surface area contributed by atoms with Crippen molar-refractivity contribution >= 4 is 51.2 Å². The van der Waals surface area contributed by atoms with Gasteiger partial charge in [0.1, 0.15) is 5.82 Å². The van der Waals surface area contributed by atoms with Crippen LogP contribution >= 0.6 is 0 Å². The molecule has 3 heterocycles. The molecular weight excluding hydrogens is 878 g/mol. The van der Waals surface area contributed by atoms with E-state index in [0.717, 1.165) is 78.5 Å². The Kier molecular flexibility index (Phi) is 10.4. The molecule has 0 aliphatic heterocycles. The minimum absolute atomic E-state index is 0. The number of imidazole rings is 1. The van der Waals surface area contributed by atoms with Crippen molar-refractivity contribution in [3.05, 3.63) is 201 Å². The Balaban J connectivity index is 0.00000455. The number of hydrogen-bond donors (Lipinski definition) is 0. The summed E-state index contributed by atoms with van der Waals surface area (Å²) in [5.74, 6) is 0.768. The molecule has 3 aromatic heterocycles. The topological polar surface area (TPSA) is 30.9 Å². The third-order valence-corrected chi connectivity index (χ3v) is 10.4. The van der Waals surface area contributed by atoms with E-state index in [0.29, 0.717) is 6.04 Å². The van der Waals surface area contributed by atoms with Gasteiger partial charge in [-0.3, -0.25) is 0 Å². The molecule has 0 unspecified atom stereocenters. The Bertz CT molecular complexity index is 2890. The fourth-order valence-electron chi connectivity index (χ4n) is 7.78. The molecule has 9 aromatic rings. The van der Waals surface area contributed by atoms with Crippen molar-refractivity contribution in [1.29, 1.82) is 0 Å². The van der Waals surface area contributed by atoms with Crippen LogP contribution < -0.4 is 4.90 Å². The second-order valence-electron chi connectivity index (χ2n) is 14.0. The summed E-state index contributed by atoms with van der Waals surface area (Å²) < 4.78 is 6.68. The molecule has 0 saturated heterocycles. The largest absolute Gasteiger partial charge is 0.358 e. The predicted molar refractivity (Wildman–Crippen MR) is 234 cm³/mol. The van der Waals surface area contributed by atoms with Crippen molar-refractivity contribution in [2.75, 3.05) is 4.90 Å². The van der Waals surface area contributed by atoms with Crippen LogP contribution in [0.3, 0.4) is 0 Å². The molecule has 0 aliphatic carbocycles. The van der Waals surface area contributed by atoms with Crippen LogP contribution in [0.2, 0.25) is 0 Å². The number of aromatic nitrogens is 4. The summed E-state index contributed by atoms with van der Waals surface area (Å²) in [6.07, 6.45) is 7.84. The molecule has 6 heteroatoms. The maximum absolute atomic E-state index is 4.96. The first-order valence-corrected chi connectivity index (χ1v) is 18.9. The normalized spacial score (nSPS) is 11.1. The number of benzene rings is 6. The van der Waals surface area contributed by atoms with E-state index in [1.165, 1.54) is 5.52 Å². The molecule has 0 radical (unpaired) electrons. The number of hydrogen-bond acceptors (Lipinski definition) is 2. The molecule has 0 fully saturated rings. The van der Waals surface area contributed by atoms with Gasteiger partial charge in [-0.25, -0.2) is 14.1 Å². The van der Waals surface area contributed by atoms with Crippen molar-refractivity contribution < 1.29 is 21.1 Å². The van der Waals surface area contributed by atoms with E-state index in [1.54, 1.807) is 0 Å². The molecule has 0 bridgehead atoms. The van der Waals surface area contributed by atoms with Crippen molar-refractivity contribution in [2.24, 2.45) is 0 Å². The summed E-state index contributed by atoms with van der Waals surface area (Å²) in [6.45, 7) is 12.9. The molecular formula is C51H40N5Pt-. The number of nitrogens with zero attached hydrogens (tertiary/aromatic N) is 5. The summed E-state index contributed by atoms with van der Waals surface area (Å²) in [5, 5.41) is 1.01. The average molecular weight is 918 g/mol. The van der Waals surface area contributed by atoms with E-state index < -0.39 is 0 Å². The fraction of sp³-hybridized carbons (Fsp3) is 0.0588. The Labute approximate surface area is 348 Å². The zero-order valence-corrected chi connectivity index (χ0v) is 34.1. The van der Waals surface area contributed by atoms with E-state index in [9.17, 15) is 0 Å². The van der Waals surface area contributed by atoms with Gasteiger partial charge in [0.05, 0.1) is 6.04 Å². The van der Waals surface area contributed by atoms with Crippen LogP contribution in [0.25, 0.3) is 67.8 Å². The SMILES string of the molecule is C=Cc1c(C=C)n(-c2cc(-c3ccccc3-c3ccccc3)ccn2)c2[c-]c(N(c3[c-]c(-n4[cH+]n(C(C)C)c5ccccc54)ccc3)c3ccccc3)ccc12.[Pt]. The molecule has 0 amide bonds. The van der Waals surface area contributed by atoms with Gasteiger partial charge in [-0.15, -0.1) is 29.7 Å². The molecule has 0 spiro atoms. The standard InChI is InChI=1S/C51H40N5.Pt/c1-5-43-46-29-28-42(34-50(46)56(47(43)6-2)51-32-38(30-31-52-51)45-25-14-13-24-44(45)37-18-9-7-10-19-37)55(39-20-11-8-12-21-39)41-23-17-22-40(33-41)54-35-53(36(3)4)48-26-15-16-27-49(48)54;/h5-32,35-36H,1-2H2,3-4H3;/q-1;. The zero-order valence-electron chi connectivity index (χ0n) is 31.8. The van der Waals surface area contributed by atoms with Gasteiger partial charge in [0.25, 0.3) is 0 Å². The van der Waals surface area contributed by atoms with E-state index in [4.69, 9.17) is 4.98 Å². The molecule has 0 saturated carbocycles. The van der Waals surface area contributed by atoms with Gasteiger partial charge in [0.2, 0.25) is 0 Å². The van der Waals surface area contributed by atoms with Gasteiger partial charge >= 0.3 is 0 Å². The summed E-state index contributed by atoms with van der Waals surface area (Å²) >= 11 is 0. The third kappa shape index (κ3) is 6.75. The van der Waals surface area contributed by atoms with E-state index in [1.807, 2.05) is 30.5 Å². The Morgan fingerprint density at radius 2 is 1.33 bits per heavy atom. The van der Waals surface area contributed by atoms with Gasteiger partial charge < -0.3 is 9.47 Å². The van der Waals surface area contributed by atoms with Gasteiger partial charge in [-0.2, -0.15) is 12.1 Å². The van der Waals surface area contributed by atoms with E-state index >= 15 is 0 Å². The van der Waals surface area contributed by atoms with E-state index in [-0.39, 0.29) is 21.1 Å². The van der Waals surface area contributed by atoms with Crippen molar-refractivity contribution in [2.45, 2.75) is 19.9 Å². The second kappa shape index (κ2) is 15.9. The monoisotopic (exact) mass is 917 g/mol. The van der Waals surface area contributed by atoms with Crippen LogP contribution in [0.4, 0.5) is 17.1 Å². The summed E-state index contributed by atoms with van der Waals surface area (Å²) in [6, 6.07) is 60.7. The first kappa shape index (κ1) is 37.4. The van der Waals surface area contributed by atoms with Gasteiger partial charge in [0.15, 0.2) is 17.4 Å². The fourth-order valence-corrected chi connectivity index (χ4v) is 7.78. The summed E-state index contributed by atoms with van der Waals surface area (Å²) in [4.78, 5) is 7.17. The number of para-hydroxylation sites is 3. The number of rotatable bonds is 10. The Morgan fingerprint density at radius 1 is 0.667 bits per heavy atom. The maximum Gasteiger partial charge on any atom is 0.188 e. The van der Waals surface area contributed by atoms with Crippen LogP contribution in [0.5, 0.6) is 0 Å². The maximum atomic E-state index is 4.96. The summed E-state index contributed by atoms with van der Waals surface area (Å²) in [7, 11) is 0. The van der Waals surface area contributed by atoms with Gasteiger partial charge in [-0.1, -0.05) is 115 Å². The second-order valence-corrected chi connectivity index (χ2v) is 14.0. The van der Waals surface area contributed by atoms with Gasteiger partial charge in [-0.05, 0) is 84.1 Å². The summed E-state index contributed by atoms with van der Waals surface area (Å²) in [5.41, 5.74) is 13.3. The van der Waals surface area contributed by atoms with E-state index in [2.05, 4.69) is 204 Å². The molecule has 0 atom stereocenters. The first-order valence-electron chi connectivity index (χ1n) is 18.9. The molecule has 0 aliphatic rings. The number of anilines is 3. The van der Waals surface area contributed by atoms with Gasteiger partial charge in [0, 0.05) is 56.5 Å². The molecule has 9 rings (SSSR count). The Hall–Kier alpha value is -6.55. The number of fused-ring (bicyclic) bond motifs is 2. The molecule has 5 nitrogen and oxygen atoms in total. The van der Waals surface area contributed by atoms with Crippen LogP contribution in [0, 0.1) is 12.1 Å². The van der Waals surface area contributed by atoms with Crippen molar-refractivity contribution in [1.82, 2.24) is 18.7 Å². The minimum atomic E-state index is 0. The minimum Gasteiger partial charge on any atom is -0.358 e. The predicted octanol–water partition coefficient (Wildman–Crippen LogP) is 13.3. The molecule has 57 heavy (non-hydrogen) atoms. The van der Waals surface area contributed by atoms with Crippen molar-refractivity contribution in [3.8, 4) is 33.8 Å². The zero-order chi connectivity index (χ0) is 38.2. The quantitative estimate of drug-likeness (QED) is 0.128. The molecule has 6 aromatic carbocycles. The molecule has 0 N–H and O–H groups in total. The molecule has 280 valence electrons. The first-order chi connectivity index (χ1) is 27.5. The van der Waals surface area contributed by atoms with Crippen LogP contribution in [0.1, 0.15) is 31.1 Å². The van der Waals surface area contributed by atoms with Crippen molar-refractivity contribution in [3.63, 3.8) is 0 Å². The Morgan fingerprint density at radius 3 is 2.05 bits per heavy atom. The van der Waals surface area contributed by atoms with Crippen LogP contribution in [-0.2, 0) is 21.1 Å². The van der Waals surface area contributed by atoms with Crippen LogP contribution in [-0.4, -0.2) is 18.7 Å². The third-order valence-electron chi connectivity index (χ3n) is 10.4. The van der Waals surface area contributed by atoms with Crippen LogP contribution in [0.15, 0.2) is 177 Å². The average Bonchev–Trinajstić information content (AvgIpc) is 3.81.